The van der Waals surface area contributed by atoms with Crippen LogP contribution >= 0.6 is 0 Å². The summed E-state index contributed by atoms with van der Waals surface area (Å²) in [5.41, 5.74) is 2.32. The Hall–Kier alpha value is -3.07. The fourth-order valence-corrected chi connectivity index (χ4v) is 2.62. The van der Waals surface area contributed by atoms with Crippen molar-refractivity contribution >= 4 is 16.9 Å². The summed E-state index contributed by atoms with van der Waals surface area (Å²) in [6, 6.07) is 9.53. The molecule has 9 heteroatoms. The lowest BCUT2D eigenvalue weighted by Gasteiger charge is -2.18. The van der Waals surface area contributed by atoms with Crippen LogP contribution in [0.3, 0.4) is 0 Å². The predicted octanol–water partition coefficient (Wildman–Crippen LogP) is 2.45. The second-order valence-electron chi connectivity index (χ2n) is 5.61. The lowest BCUT2D eigenvalue weighted by Crippen LogP contribution is -2.35. The Morgan fingerprint density at radius 1 is 1.23 bits per heavy atom. The van der Waals surface area contributed by atoms with Crippen molar-refractivity contribution in [2.24, 2.45) is 5.73 Å². The van der Waals surface area contributed by atoms with E-state index in [0.717, 1.165) is 6.07 Å². The molecular formula is C17H13F3N2O4. The number of aromatic nitrogens is 1. The molecule has 0 radical (unpaired) electrons. The lowest BCUT2D eigenvalue weighted by molar-refractivity contribution is -0.144. The highest BCUT2D eigenvalue weighted by atomic mass is 19.4. The summed E-state index contributed by atoms with van der Waals surface area (Å²) in [6.07, 6.45) is -6.40. The summed E-state index contributed by atoms with van der Waals surface area (Å²) in [7, 11) is 0. The van der Waals surface area contributed by atoms with E-state index in [-0.39, 0.29) is 10.3 Å². The summed E-state index contributed by atoms with van der Waals surface area (Å²) in [5.74, 6) is -1.16. The number of alkyl halides is 3. The second kappa shape index (κ2) is 6.34. The van der Waals surface area contributed by atoms with E-state index >= 15 is 0 Å². The fraction of sp³-hybridized carbons (Fsp3) is 0.176. The van der Waals surface area contributed by atoms with Crippen molar-refractivity contribution in [3.8, 4) is 0 Å². The van der Waals surface area contributed by atoms with Gasteiger partial charge in [-0.15, -0.1) is 0 Å². The fourth-order valence-electron chi connectivity index (χ4n) is 2.62. The molecule has 6 nitrogen and oxygen atoms in total. The van der Waals surface area contributed by atoms with Gasteiger partial charge in [-0.3, -0.25) is 9.59 Å². The third-order valence-corrected chi connectivity index (χ3v) is 3.86. The number of fused-ring (bicyclic) bond motifs is 1. The number of carbonyl (C=O) groups excluding carboxylic acids is 1. The van der Waals surface area contributed by atoms with E-state index in [2.05, 4.69) is 0 Å². The van der Waals surface area contributed by atoms with E-state index in [9.17, 15) is 27.9 Å². The van der Waals surface area contributed by atoms with Crippen LogP contribution in [-0.4, -0.2) is 15.6 Å². The van der Waals surface area contributed by atoms with E-state index in [0.29, 0.717) is 17.0 Å². The molecular weight excluding hydrogens is 353 g/mol. The molecule has 26 heavy (non-hydrogen) atoms. The first kappa shape index (κ1) is 17.7. The quantitative estimate of drug-likeness (QED) is 0.741. The highest BCUT2D eigenvalue weighted by Crippen LogP contribution is 2.30. The number of aliphatic hydroxyl groups is 1. The van der Waals surface area contributed by atoms with Crippen LogP contribution in [0.4, 0.5) is 13.2 Å². The van der Waals surface area contributed by atoms with Gasteiger partial charge in [-0.25, -0.2) is 0 Å². The molecule has 0 saturated carbocycles. The number of primary amides is 1. The number of para-hydroxylation sites is 1. The molecule has 2 aromatic heterocycles. The Balaban J connectivity index is 2.05. The number of nitrogens with two attached hydrogens (primary N) is 1. The van der Waals surface area contributed by atoms with Crippen molar-refractivity contribution < 1.29 is 27.5 Å². The van der Waals surface area contributed by atoms with Gasteiger partial charge >= 0.3 is 6.18 Å². The minimum absolute atomic E-state index is 0.00398. The minimum Gasteiger partial charge on any atom is -0.458 e. The Morgan fingerprint density at radius 2 is 1.92 bits per heavy atom. The molecule has 0 aliphatic heterocycles. The Bertz CT molecular complexity index is 1000. The number of carbonyl (C=O) groups is 1. The molecule has 3 aromatic rings. The minimum atomic E-state index is -4.86. The first-order valence-corrected chi connectivity index (χ1v) is 7.46. The summed E-state index contributed by atoms with van der Waals surface area (Å²) in [5, 5.41) is 10.9. The van der Waals surface area contributed by atoms with Crippen LogP contribution in [0.2, 0.25) is 0 Å². The molecule has 136 valence electrons. The number of pyridine rings is 1. The molecule has 3 N–H and O–H groups in total. The van der Waals surface area contributed by atoms with Gasteiger partial charge < -0.3 is 19.8 Å². The number of aliphatic hydroxyl groups excluding tert-OH is 1. The SMILES string of the molecule is NC(=O)c1ccc(C(F)(F)F)n(CC(O)c2cc3ccccc3o2)c1=O. The third kappa shape index (κ3) is 3.21. The van der Waals surface area contributed by atoms with Crippen molar-refractivity contribution in [1.82, 2.24) is 4.57 Å². The van der Waals surface area contributed by atoms with Gasteiger partial charge in [0.2, 0.25) is 0 Å². The van der Waals surface area contributed by atoms with Crippen LogP contribution in [-0.2, 0) is 12.7 Å². The van der Waals surface area contributed by atoms with Gasteiger partial charge in [0, 0.05) is 5.39 Å². The Kier molecular flexibility index (Phi) is 4.33. The highest BCUT2D eigenvalue weighted by Gasteiger charge is 2.36. The average Bonchev–Trinajstić information content (AvgIpc) is 2.99. The summed E-state index contributed by atoms with van der Waals surface area (Å²) < 4.78 is 45.3. The van der Waals surface area contributed by atoms with E-state index in [1.807, 2.05) is 0 Å². The van der Waals surface area contributed by atoms with Gasteiger partial charge in [-0.1, -0.05) is 18.2 Å². The van der Waals surface area contributed by atoms with Gasteiger partial charge in [0.05, 0.1) is 6.54 Å². The van der Waals surface area contributed by atoms with E-state index in [4.69, 9.17) is 10.2 Å². The van der Waals surface area contributed by atoms with Gasteiger partial charge in [-0.05, 0) is 24.3 Å². The lowest BCUT2D eigenvalue weighted by atomic mass is 10.2. The number of amides is 1. The average molecular weight is 366 g/mol. The van der Waals surface area contributed by atoms with Gasteiger partial charge in [-0.2, -0.15) is 13.2 Å². The number of hydrogen-bond acceptors (Lipinski definition) is 4. The predicted molar refractivity (Wildman–Crippen MR) is 85.4 cm³/mol. The van der Waals surface area contributed by atoms with Crippen LogP contribution in [0.1, 0.15) is 27.9 Å². The maximum absolute atomic E-state index is 13.2. The first-order valence-electron chi connectivity index (χ1n) is 7.46. The molecule has 0 bridgehead atoms. The zero-order chi connectivity index (χ0) is 19.1. The largest absolute Gasteiger partial charge is 0.458 e. The number of hydrogen-bond donors (Lipinski definition) is 2. The number of nitrogens with zero attached hydrogens (tertiary/aromatic N) is 1. The number of rotatable bonds is 4. The normalized spacial score (nSPS) is 13.1. The van der Waals surface area contributed by atoms with Crippen molar-refractivity contribution in [1.29, 1.82) is 0 Å². The maximum atomic E-state index is 13.2. The molecule has 1 amide bonds. The van der Waals surface area contributed by atoms with E-state index < -0.39 is 41.5 Å². The van der Waals surface area contributed by atoms with Crippen LogP contribution in [0.25, 0.3) is 11.0 Å². The molecule has 0 aliphatic rings. The van der Waals surface area contributed by atoms with Crippen LogP contribution in [0.5, 0.6) is 0 Å². The maximum Gasteiger partial charge on any atom is 0.431 e. The summed E-state index contributed by atoms with van der Waals surface area (Å²) in [4.78, 5) is 23.5. The second-order valence-corrected chi connectivity index (χ2v) is 5.61. The standard InChI is InChI=1S/C17H13F3N2O4/c18-17(19,20)14-6-5-10(15(21)24)16(25)22(14)8-11(23)13-7-9-3-1-2-4-12(9)26-13/h1-7,11,23H,8H2,(H2,21,24). The third-order valence-electron chi connectivity index (χ3n) is 3.86. The highest BCUT2D eigenvalue weighted by molar-refractivity contribution is 5.92. The van der Waals surface area contributed by atoms with Crippen molar-refractivity contribution in [2.45, 2.75) is 18.8 Å². The molecule has 1 aromatic carbocycles. The zero-order valence-electron chi connectivity index (χ0n) is 13.2. The Morgan fingerprint density at radius 3 is 2.54 bits per heavy atom. The number of halogens is 3. The molecule has 1 atom stereocenters. The topological polar surface area (TPSA) is 98.5 Å². The van der Waals surface area contributed by atoms with E-state index in [1.165, 1.54) is 6.07 Å². The molecule has 1 unspecified atom stereocenters. The van der Waals surface area contributed by atoms with Gasteiger partial charge in [0.15, 0.2) is 0 Å². The number of benzene rings is 1. The van der Waals surface area contributed by atoms with Gasteiger partial charge in [0.25, 0.3) is 11.5 Å². The van der Waals surface area contributed by atoms with Gasteiger partial charge in [0.1, 0.15) is 28.7 Å². The molecule has 0 saturated heterocycles. The monoisotopic (exact) mass is 366 g/mol. The molecule has 0 aliphatic carbocycles. The molecule has 0 fully saturated rings. The summed E-state index contributed by atoms with van der Waals surface area (Å²) in [6.45, 7) is -0.755. The molecule has 2 heterocycles. The van der Waals surface area contributed by atoms with E-state index in [1.54, 1.807) is 24.3 Å². The van der Waals surface area contributed by atoms with Crippen LogP contribution in [0.15, 0.2) is 51.7 Å². The van der Waals surface area contributed by atoms with Crippen LogP contribution in [0, 0.1) is 0 Å². The number of furan rings is 1. The Labute approximate surface area is 144 Å². The molecule has 0 spiro atoms. The van der Waals surface area contributed by atoms with Crippen LogP contribution < -0.4 is 11.3 Å². The summed E-state index contributed by atoms with van der Waals surface area (Å²) >= 11 is 0. The van der Waals surface area contributed by atoms with Crippen molar-refractivity contribution in [3.63, 3.8) is 0 Å². The van der Waals surface area contributed by atoms with Crippen molar-refractivity contribution in [2.75, 3.05) is 0 Å². The first-order chi connectivity index (χ1) is 12.2. The smallest absolute Gasteiger partial charge is 0.431 e. The zero-order valence-corrected chi connectivity index (χ0v) is 13.2. The van der Waals surface area contributed by atoms with Crippen molar-refractivity contribution in [3.05, 3.63) is 69.8 Å². The molecule has 3 rings (SSSR count).